The lowest BCUT2D eigenvalue weighted by Gasteiger charge is -2.11. The van der Waals surface area contributed by atoms with Gasteiger partial charge in [0.05, 0.1) is 13.7 Å². The van der Waals surface area contributed by atoms with Crippen molar-refractivity contribution in [3.63, 3.8) is 0 Å². The Labute approximate surface area is 152 Å². The summed E-state index contributed by atoms with van der Waals surface area (Å²) in [4.78, 5) is 4.08. The molecular weight excluding hydrogens is 337 g/mol. The van der Waals surface area contributed by atoms with E-state index in [9.17, 15) is 9.50 Å². The summed E-state index contributed by atoms with van der Waals surface area (Å²) >= 11 is 0. The molecule has 6 nitrogen and oxygen atoms in total. The quantitative estimate of drug-likeness (QED) is 0.467. The molecule has 0 aliphatic heterocycles. The van der Waals surface area contributed by atoms with E-state index >= 15 is 0 Å². The van der Waals surface area contributed by atoms with Crippen LogP contribution in [-0.2, 0) is 6.42 Å². The fraction of sp³-hybridized carbons (Fsp3) is 0.316. The van der Waals surface area contributed by atoms with Gasteiger partial charge in [0.1, 0.15) is 30.0 Å². The SMILES string of the molecule is COc1ccc(CCNC(N)=NCC(O)COc2ccc(F)cc2)cc1. The van der Waals surface area contributed by atoms with Crippen molar-refractivity contribution in [1.82, 2.24) is 5.32 Å². The lowest BCUT2D eigenvalue weighted by Crippen LogP contribution is -2.34. The highest BCUT2D eigenvalue weighted by molar-refractivity contribution is 5.77. The lowest BCUT2D eigenvalue weighted by atomic mass is 10.1. The minimum Gasteiger partial charge on any atom is -0.497 e. The van der Waals surface area contributed by atoms with Gasteiger partial charge < -0.3 is 25.6 Å². The van der Waals surface area contributed by atoms with Crippen molar-refractivity contribution in [2.45, 2.75) is 12.5 Å². The van der Waals surface area contributed by atoms with Crippen molar-refractivity contribution in [2.24, 2.45) is 10.7 Å². The zero-order chi connectivity index (χ0) is 18.8. The summed E-state index contributed by atoms with van der Waals surface area (Å²) in [5, 5.41) is 12.9. The number of rotatable bonds is 9. The first-order valence-corrected chi connectivity index (χ1v) is 8.30. The molecule has 0 aliphatic carbocycles. The number of hydrogen-bond donors (Lipinski definition) is 3. The molecule has 140 valence electrons. The van der Waals surface area contributed by atoms with Crippen molar-refractivity contribution in [3.05, 3.63) is 59.9 Å². The van der Waals surface area contributed by atoms with Gasteiger partial charge in [0.15, 0.2) is 5.96 Å². The molecular formula is C19H24FN3O3. The molecule has 0 amide bonds. The van der Waals surface area contributed by atoms with Crippen LogP contribution in [0, 0.1) is 5.82 Å². The van der Waals surface area contributed by atoms with E-state index in [4.69, 9.17) is 15.2 Å². The molecule has 7 heteroatoms. The second-order valence-electron chi connectivity index (χ2n) is 5.67. The zero-order valence-corrected chi connectivity index (χ0v) is 14.7. The molecule has 0 aromatic heterocycles. The zero-order valence-electron chi connectivity index (χ0n) is 14.7. The van der Waals surface area contributed by atoms with Crippen LogP contribution in [0.2, 0.25) is 0 Å². The van der Waals surface area contributed by atoms with Crippen LogP contribution in [0.25, 0.3) is 0 Å². The number of guanidine groups is 1. The summed E-state index contributed by atoms with van der Waals surface area (Å²) in [7, 11) is 1.63. The van der Waals surface area contributed by atoms with Crippen molar-refractivity contribution in [3.8, 4) is 11.5 Å². The van der Waals surface area contributed by atoms with E-state index in [2.05, 4.69) is 10.3 Å². The maximum absolute atomic E-state index is 12.8. The van der Waals surface area contributed by atoms with Crippen LogP contribution in [-0.4, -0.2) is 44.0 Å². The number of methoxy groups -OCH3 is 1. The Hall–Kier alpha value is -2.80. The number of benzene rings is 2. The fourth-order valence-corrected chi connectivity index (χ4v) is 2.16. The second-order valence-corrected chi connectivity index (χ2v) is 5.67. The van der Waals surface area contributed by atoms with Crippen molar-refractivity contribution in [2.75, 3.05) is 26.8 Å². The van der Waals surface area contributed by atoms with Crippen molar-refractivity contribution >= 4 is 5.96 Å². The van der Waals surface area contributed by atoms with Gasteiger partial charge in [-0.05, 0) is 48.4 Å². The molecule has 26 heavy (non-hydrogen) atoms. The predicted octanol–water partition coefficient (Wildman–Crippen LogP) is 1.72. The molecule has 2 rings (SSSR count). The summed E-state index contributed by atoms with van der Waals surface area (Å²) < 4.78 is 23.3. The molecule has 0 bridgehead atoms. The van der Waals surface area contributed by atoms with Gasteiger partial charge in [-0.25, -0.2) is 4.39 Å². The maximum Gasteiger partial charge on any atom is 0.188 e. The minimum atomic E-state index is -0.804. The largest absolute Gasteiger partial charge is 0.497 e. The molecule has 1 unspecified atom stereocenters. The number of ether oxygens (including phenoxy) is 2. The summed E-state index contributed by atoms with van der Waals surface area (Å²) in [5.74, 6) is 1.23. The van der Waals surface area contributed by atoms with Crippen molar-refractivity contribution < 1.29 is 19.0 Å². The van der Waals surface area contributed by atoms with Crippen LogP contribution < -0.4 is 20.5 Å². The van der Waals surface area contributed by atoms with Gasteiger partial charge in [-0.15, -0.1) is 0 Å². The number of aliphatic hydroxyl groups is 1. The Morgan fingerprint density at radius 1 is 1.15 bits per heavy atom. The van der Waals surface area contributed by atoms with E-state index < -0.39 is 6.10 Å². The number of aliphatic hydroxyl groups excluding tert-OH is 1. The molecule has 0 saturated heterocycles. The first kappa shape index (κ1) is 19.5. The number of halogens is 1. The molecule has 0 saturated carbocycles. The third-order valence-corrected chi connectivity index (χ3v) is 3.61. The normalized spacial score (nSPS) is 12.5. The lowest BCUT2D eigenvalue weighted by molar-refractivity contribution is 0.114. The van der Waals surface area contributed by atoms with Crippen LogP contribution >= 0.6 is 0 Å². The van der Waals surface area contributed by atoms with Gasteiger partial charge in [-0.3, -0.25) is 4.99 Å². The first-order valence-electron chi connectivity index (χ1n) is 8.30. The third kappa shape index (κ3) is 6.98. The molecule has 0 spiro atoms. The fourth-order valence-electron chi connectivity index (χ4n) is 2.16. The van der Waals surface area contributed by atoms with Crippen LogP contribution in [0.15, 0.2) is 53.5 Å². The molecule has 2 aromatic rings. The Morgan fingerprint density at radius 3 is 2.46 bits per heavy atom. The highest BCUT2D eigenvalue weighted by Crippen LogP contribution is 2.12. The van der Waals surface area contributed by atoms with Crippen LogP contribution in [0.5, 0.6) is 11.5 Å². The highest BCUT2D eigenvalue weighted by atomic mass is 19.1. The van der Waals surface area contributed by atoms with E-state index in [1.54, 1.807) is 7.11 Å². The standard InChI is InChI=1S/C19H24FN3O3/c1-25-17-6-2-14(3-7-17)10-11-22-19(21)23-12-16(24)13-26-18-8-4-15(20)5-9-18/h2-9,16,24H,10-13H2,1H3,(H3,21,22,23). The number of aliphatic imine (C=N–C) groups is 1. The first-order chi connectivity index (χ1) is 12.6. The number of nitrogens with zero attached hydrogens (tertiary/aromatic N) is 1. The van der Waals surface area contributed by atoms with E-state index in [0.29, 0.717) is 12.3 Å². The van der Waals surface area contributed by atoms with Crippen LogP contribution in [0.1, 0.15) is 5.56 Å². The highest BCUT2D eigenvalue weighted by Gasteiger charge is 2.05. The molecule has 1 atom stereocenters. The number of nitrogens with two attached hydrogens (primary N) is 1. The van der Waals surface area contributed by atoms with Gasteiger partial charge in [-0.2, -0.15) is 0 Å². The van der Waals surface area contributed by atoms with Gasteiger partial charge >= 0.3 is 0 Å². The van der Waals surface area contributed by atoms with E-state index in [1.807, 2.05) is 24.3 Å². The Bertz CT molecular complexity index is 690. The second kappa shape index (κ2) is 10.2. The van der Waals surface area contributed by atoms with E-state index in [1.165, 1.54) is 24.3 Å². The number of nitrogens with one attached hydrogen (secondary N) is 1. The van der Waals surface area contributed by atoms with Crippen LogP contribution in [0.4, 0.5) is 4.39 Å². The van der Waals surface area contributed by atoms with Crippen molar-refractivity contribution in [1.29, 1.82) is 0 Å². The summed E-state index contributed by atoms with van der Waals surface area (Å²) in [6.45, 7) is 0.792. The van der Waals surface area contributed by atoms with E-state index in [0.717, 1.165) is 17.7 Å². The Kier molecular flexibility index (Phi) is 7.70. The molecule has 0 fully saturated rings. The third-order valence-electron chi connectivity index (χ3n) is 3.61. The number of hydrogen-bond acceptors (Lipinski definition) is 4. The smallest absolute Gasteiger partial charge is 0.188 e. The monoisotopic (exact) mass is 361 g/mol. The summed E-state index contributed by atoms with van der Waals surface area (Å²) in [6, 6.07) is 13.4. The average Bonchev–Trinajstić information content (AvgIpc) is 2.66. The topological polar surface area (TPSA) is 89.1 Å². The van der Waals surface area contributed by atoms with Gasteiger partial charge in [0.2, 0.25) is 0 Å². The molecule has 0 heterocycles. The minimum absolute atomic E-state index is 0.0499. The van der Waals surface area contributed by atoms with Gasteiger partial charge in [-0.1, -0.05) is 12.1 Å². The predicted molar refractivity (Wildman–Crippen MR) is 99.1 cm³/mol. The van der Waals surface area contributed by atoms with Crippen LogP contribution in [0.3, 0.4) is 0 Å². The molecule has 4 N–H and O–H groups in total. The summed E-state index contributed by atoms with van der Waals surface area (Å²) in [5.41, 5.74) is 6.93. The molecule has 0 radical (unpaired) electrons. The molecule has 0 aliphatic rings. The Morgan fingerprint density at radius 2 is 1.81 bits per heavy atom. The van der Waals surface area contributed by atoms with Gasteiger partial charge in [0.25, 0.3) is 0 Å². The summed E-state index contributed by atoms with van der Waals surface area (Å²) in [6.07, 6.45) is -0.0156. The van der Waals surface area contributed by atoms with E-state index in [-0.39, 0.29) is 24.9 Å². The maximum atomic E-state index is 12.8. The Balaban J connectivity index is 1.65. The molecule has 2 aromatic carbocycles. The van der Waals surface area contributed by atoms with Gasteiger partial charge in [0, 0.05) is 6.54 Å². The average molecular weight is 361 g/mol.